The van der Waals surface area contributed by atoms with Crippen molar-refractivity contribution < 1.29 is 32.7 Å². The molecule has 54 heavy (non-hydrogen) atoms. The Morgan fingerprint density at radius 3 is 0.741 bits per heavy atom. The summed E-state index contributed by atoms with van der Waals surface area (Å²) in [4.78, 5) is 0. The topological polar surface area (TPSA) is 28.2 Å². The van der Waals surface area contributed by atoms with Crippen LogP contribution in [0.5, 0.6) is 0 Å². The van der Waals surface area contributed by atoms with Crippen molar-refractivity contribution >= 4 is 41.7 Å². The third-order valence-corrected chi connectivity index (χ3v) is 8.38. The Morgan fingerprint density at radius 1 is 0.352 bits per heavy atom. The minimum atomic E-state index is -0.861. The fourth-order valence-corrected chi connectivity index (χ4v) is 6.14. The SMILES string of the molecule is C1=C(c2ccccc2)C(c2ccccc2)=CC1[N-]c1ccccc1.C1=C(c2ccccc2)C(c2ccccc2)=CC1[N-]c1ccccc1.[CH2-][Si](C)(C)C.[Y+3]. The molecule has 0 bridgehead atoms. The second-order valence-corrected chi connectivity index (χ2v) is 19.4. The number of nitrogens with zero attached hydrogens (tertiary/aromatic N) is 2. The first kappa shape index (κ1) is 40.4. The van der Waals surface area contributed by atoms with E-state index in [-0.39, 0.29) is 44.8 Å². The summed E-state index contributed by atoms with van der Waals surface area (Å²) in [6.07, 6.45) is 9.02. The standard InChI is InChI=1S/2C23H18N.C4H11Si.Y/c2*1-4-10-18(11-5-1)22-16-21(24-20-14-8-3-9-15-20)17-23(22)19-12-6-2-7-13-19;1-5(2,3)4;/h2*1-17,21H;1H2,2-4H3;/q3*-1;+3. The molecule has 4 heteroatoms. The number of hydrogen-bond donors (Lipinski definition) is 0. The maximum absolute atomic E-state index is 4.86. The summed E-state index contributed by atoms with van der Waals surface area (Å²) in [5.41, 5.74) is 12.0. The van der Waals surface area contributed by atoms with Gasteiger partial charge in [0.2, 0.25) is 0 Å². The maximum atomic E-state index is 4.86. The van der Waals surface area contributed by atoms with Crippen molar-refractivity contribution in [1.29, 1.82) is 0 Å². The van der Waals surface area contributed by atoms with E-state index in [9.17, 15) is 0 Å². The Balaban J connectivity index is 0.000000182. The molecule has 0 radical (unpaired) electrons. The van der Waals surface area contributed by atoms with Crippen molar-refractivity contribution in [2.24, 2.45) is 0 Å². The van der Waals surface area contributed by atoms with Crippen LogP contribution in [0.1, 0.15) is 22.3 Å². The molecule has 0 spiro atoms. The number of allylic oxidation sites excluding steroid dienone is 4. The third-order valence-electron chi connectivity index (χ3n) is 8.38. The molecule has 0 atom stereocenters. The molecule has 0 saturated heterocycles. The first-order valence-corrected chi connectivity index (χ1v) is 22.0. The quantitative estimate of drug-likeness (QED) is 0.108. The molecule has 0 aromatic heterocycles. The second-order valence-electron chi connectivity index (χ2n) is 14.3. The van der Waals surface area contributed by atoms with Crippen LogP contribution in [0.15, 0.2) is 206 Å². The number of para-hydroxylation sites is 2. The Kier molecular flexibility index (Phi) is 15.0. The molecule has 8 rings (SSSR count). The Morgan fingerprint density at radius 2 is 0.537 bits per heavy atom. The summed E-state index contributed by atoms with van der Waals surface area (Å²) >= 11 is 0. The van der Waals surface area contributed by atoms with Gasteiger partial charge in [0, 0.05) is 0 Å². The molecule has 0 heterocycles. The fourth-order valence-electron chi connectivity index (χ4n) is 6.14. The monoisotopic (exact) mass is 792 g/mol. The Hall–Kier alpha value is -4.80. The van der Waals surface area contributed by atoms with Gasteiger partial charge in [-0.25, -0.2) is 0 Å². The summed E-state index contributed by atoms with van der Waals surface area (Å²) in [6.45, 7) is 10.6. The molecular formula is C50H47N2SiY. The van der Waals surface area contributed by atoms with Crippen LogP contribution >= 0.6 is 0 Å². The zero-order chi connectivity index (χ0) is 36.9. The molecule has 2 nitrogen and oxygen atoms in total. The number of hydrogen-bond acceptors (Lipinski definition) is 0. The van der Waals surface area contributed by atoms with Gasteiger partial charge in [0.05, 0.1) is 0 Å². The zero-order valence-electron chi connectivity index (χ0n) is 31.5. The number of rotatable bonds is 8. The average molecular weight is 793 g/mol. The van der Waals surface area contributed by atoms with E-state index in [1.54, 1.807) is 0 Å². The summed E-state index contributed by atoms with van der Waals surface area (Å²) < 4.78 is 0. The van der Waals surface area contributed by atoms with Crippen molar-refractivity contribution in [3.05, 3.63) is 246 Å². The van der Waals surface area contributed by atoms with Gasteiger partial charge < -0.3 is 17.2 Å². The predicted molar refractivity (Wildman–Crippen MR) is 233 cm³/mol. The molecule has 0 unspecified atom stereocenters. The van der Waals surface area contributed by atoms with Gasteiger partial charge in [-0.05, 0) is 44.5 Å². The van der Waals surface area contributed by atoms with E-state index in [0.717, 1.165) is 11.4 Å². The van der Waals surface area contributed by atoms with E-state index in [0.29, 0.717) is 0 Å². The summed E-state index contributed by atoms with van der Waals surface area (Å²) in [5.74, 6) is 0. The van der Waals surface area contributed by atoms with Crippen LogP contribution in [0.25, 0.3) is 32.9 Å². The Labute approximate surface area is 349 Å². The van der Waals surface area contributed by atoms with E-state index in [2.05, 4.69) is 172 Å². The van der Waals surface area contributed by atoms with Crippen LogP contribution in [0.3, 0.4) is 0 Å². The smallest absolute Gasteiger partial charge is 0.675 e. The van der Waals surface area contributed by atoms with Gasteiger partial charge in [-0.15, -0.1) is 19.4 Å². The first-order valence-electron chi connectivity index (χ1n) is 18.3. The van der Waals surface area contributed by atoms with Gasteiger partial charge in [0.25, 0.3) is 0 Å². The van der Waals surface area contributed by atoms with Gasteiger partial charge in [-0.2, -0.15) is 0 Å². The molecule has 0 N–H and O–H groups in total. The zero-order valence-corrected chi connectivity index (χ0v) is 35.3. The van der Waals surface area contributed by atoms with E-state index < -0.39 is 8.07 Å². The molecule has 2 aliphatic carbocycles. The number of benzene rings is 6. The van der Waals surface area contributed by atoms with Crippen molar-refractivity contribution in [2.75, 3.05) is 0 Å². The van der Waals surface area contributed by atoms with E-state index in [1.165, 1.54) is 44.5 Å². The summed E-state index contributed by atoms with van der Waals surface area (Å²) in [5, 5.41) is 9.71. The Bertz CT molecular complexity index is 1870. The minimum absolute atomic E-state index is 0. The first-order chi connectivity index (χ1) is 25.8. The average Bonchev–Trinajstić information content (AvgIpc) is 3.81. The molecule has 6 aromatic carbocycles. The molecule has 2 aliphatic rings. The predicted octanol–water partition coefficient (Wildman–Crippen LogP) is 14.2. The van der Waals surface area contributed by atoms with E-state index >= 15 is 0 Å². The van der Waals surface area contributed by atoms with Crippen LogP contribution in [-0.2, 0) is 32.7 Å². The van der Waals surface area contributed by atoms with Gasteiger partial charge in [0.15, 0.2) is 0 Å². The van der Waals surface area contributed by atoms with Gasteiger partial charge in [0.1, 0.15) is 0 Å². The van der Waals surface area contributed by atoms with Crippen LogP contribution in [-0.4, -0.2) is 20.2 Å². The van der Waals surface area contributed by atoms with Crippen molar-refractivity contribution in [1.82, 2.24) is 0 Å². The molecular weight excluding hydrogens is 746 g/mol. The summed E-state index contributed by atoms with van der Waals surface area (Å²) in [6, 6.07) is 62.6. The van der Waals surface area contributed by atoms with Crippen molar-refractivity contribution in [3.63, 3.8) is 0 Å². The molecule has 0 saturated carbocycles. The van der Waals surface area contributed by atoms with E-state index in [4.69, 9.17) is 10.6 Å². The van der Waals surface area contributed by atoms with Gasteiger partial charge in [-0.3, -0.25) is 0 Å². The normalized spacial score (nSPS) is 13.7. The summed E-state index contributed by atoms with van der Waals surface area (Å²) in [7, 11) is -0.861. The van der Waals surface area contributed by atoms with E-state index in [1.807, 2.05) is 60.7 Å². The van der Waals surface area contributed by atoms with Crippen LogP contribution in [0.4, 0.5) is 11.4 Å². The fraction of sp³-hybridized carbons (Fsp3) is 0.100. The largest absolute Gasteiger partial charge is 3.00 e. The molecule has 0 fully saturated rings. The second kappa shape index (κ2) is 20.0. The van der Waals surface area contributed by atoms with Crippen molar-refractivity contribution in [2.45, 2.75) is 31.7 Å². The molecule has 264 valence electrons. The van der Waals surface area contributed by atoms with Gasteiger partial charge in [-0.1, -0.05) is 238 Å². The van der Waals surface area contributed by atoms with Crippen LogP contribution in [0, 0.1) is 6.55 Å². The molecule has 6 aromatic rings. The third kappa shape index (κ3) is 12.1. The molecule has 0 amide bonds. The van der Waals surface area contributed by atoms with Crippen LogP contribution < -0.4 is 0 Å². The maximum Gasteiger partial charge on any atom is 3.00 e. The van der Waals surface area contributed by atoms with Crippen molar-refractivity contribution in [3.8, 4) is 0 Å². The van der Waals surface area contributed by atoms with Gasteiger partial charge >= 0.3 is 32.7 Å². The molecule has 0 aliphatic heterocycles. The minimum Gasteiger partial charge on any atom is -0.675 e. The van der Waals surface area contributed by atoms with Crippen LogP contribution in [0.2, 0.25) is 19.6 Å².